The van der Waals surface area contributed by atoms with Crippen molar-refractivity contribution in [2.24, 2.45) is 0 Å². The van der Waals surface area contributed by atoms with Gasteiger partial charge in [0.1, 0.15) is 17.7 Å². The van der Waals surface area contributed by atoms with Crippen LogP contribution in [0, 0.1) is 6.92 Å². The summed E-state index contributed by atoms with van der Waals surface area (Å²) >= 11 is 12.2. The van der Waals surface area contributed by atoms with Gasteiger partial charge in [-0.3, -0.25) is 4.79 Å². The highest BCUT2D eigenvalue weighted by Crippen LogP contribution is 2.40. The second-order valence-electron chi connectivity index (χ2n) is 7.91. The maximum atomic E-state index is 14.6. The van der Waals surface area contributed by atoms with Crippen LogP contribution < -0.4 is 0 Å². The Labute approximate surface area is 211 Å². The zero-order chi connectivity index (χ0) is 25.6. The van der Waals surface area contributed by atoms with Crippen LogP contribution >= 0.6 is 23.2 Å². The van der Waals surface area contributed by atoms with Gasteiger partial charge in [-0.2, -0.15) is 18.2 Å². The quantitative estimate of drug-likeness (QED) is 0.244. The largest absolute Gasteiger partial charge is 0.432 e. The molecule has 0 atom stereocenters. The van der Waals surface area contributed by atoms with Crippen LogP contribution in [0.3, 0.4) is 0 Å². The topological polar surface area (TPSA) is 86.7 Å². The SMILES string of the molecule is Cc1ccc2c(c1)c(C(=O)c1noc(-c3ccncn3)n1)c(C(F)(F)F)n2Cc1ccc(Cl)cc1Cl. The van der Waals surface area contributed by atoms with Crippen LogP contribution in [-0.4, -0.2) is 30.5 Å². The van der Waals surface area contributed by atoms with E-state index in [1.807, 2.05) is 0 Å². The Morgan fingerprint density at radius 2 is 1.92 bits per heavy atom. The highest BCUT2D eigenvalue weighted by atomic mass is 35.5. The standard InChI is InChI=1S/C24H14Cl2F3N5O2/c1-12-2-5-18-15(8-12)19(20(35)22-32-23(36-33-22)17-6-7-30-11-31-17)21(24(27,28)29)34(18)10-13-3-4-14(25)9-16(13)26/h2-9,11H,10H2,1H3. The molecule has 0 aliphatic heterocycles. The van der Waals surface area contributed by atoms with Gasteiger partial charge >= 0.3 is 6.18 Å². The van der Waals surface area contributed by atoms with E-state index in [9.17, 15) is 18.0 Å². The number of hydrogen-bond donors (Lipinski definition) is 0. The molecule has 0 aliphatic carbocycles. The summed E-state index contributed by atoms with van der Waals surface area (Å²) in [5.74, 6) is -1.69. The maximum Gasteiger partial charge on any atom is 0.432 e. The molecule has 0 N–H and O–H groups in total. The molecule has 36 heavy (non-hydrogen) atoms. The number of carbonyl (C=O) groups excluding carboxylic acids is 1. The molecular formula is C24H14Cl2F3N5O2. The number of hydrogen-bond acceptors (Lipinski definition) is 6. The minimum absolute atomic E-state index is 0.103. The summed E-state index contributed by atoms with van der Waals surface area (Å²) in [5.41, 5.74) is -0.241. The van der Waals surface area contributed by atoms with Crippen molar-refractivity contribution < 1.29 is 22.5 Å². The van der Waals surface area contributed by atoms with Crippen molar-refractivity contribution in [2.75, 3.05) is 0 Å². The number of aryl methyl sites for hydroxylation is 1. The summed E-state index contributed by atoms with van der Waals surface area (Å²) in [5, 5.41) is 4.28. The molecule has 0 aliphatic rings. The van der Waals surface area contributed by atoms with E-state index in [1.165, 1.54) is 42.9 Å². The van der Waals surface area contributed by atoms with Crippen LogP contribution in [0.25, 0.3) is 22.5 Å². The fourth-order valence-corrected chi connectivity index (χ4v) is 4.39. The molecule has 5 rings (SSSR count). The number of halogens is 5. The summed E-state index contributed by atoms with van der Waals surface area (Å²) in [6.45, 7) is 1.46. The van der Waals surface area contributed by atoms with Gasteiger partial charge in [-0.15, -0.1) is 0 Å². The molecule has 12 heteroatoms. The minimum Gasteiger partial charge on any atom is -0.332 e. The predicted molar refractivity (Wildman–Crippen MR) is 126 cm³/mol. The Kier molecular flexibility index (Phi) is 6.01. The lowest BCUT2D eigenvalue weighted by Gasteiger charge is -2.15. The summed E-state index contributed by atoms with van der Waals surface area (Å²) in [4.78, 5) is 25.2. The molecule has 0 saturated heterocycles. The number of rotatable bonds is 5. The number of nitrogens with zero attached hydrogens (tertiary/aromatic N) is 5. The third-order valence-corrected chi connectivity index (χ3v) is 6.08. The van der Waals surface area contributed by atoms with E-state index in [0.29, 0.717) is 16.1 Å². The lowest BCUT2D eigenvalue weighted by atomic mass is 10.0. The summed E-state index contributed by atoms with van der Waals surface area (Å²) in [7, 11) is 0. The smallest absolute Gasteiger partial charge is 0.332 e. The highest BCUT2D eigenvalue weighted by Gasteiger charge is 2.42. The molecular weight excluding hydrogens is 518 g/mol. The summed E-state index contributed by atoms with van der Waals surface area (Å²) < 4.78 is 49.8. The monoisotopic (exact) mass is 531 g/mol. The van der Waals surface area contributed by atoms with Crippen molar-refractivity contribution in [1.29, 1.82) is 0 Å². The van der Waals surface area contributed by atoms with Crippen molar-refractivity contribution in [3.05, 3.63) is 93.2 Å². The molecule has 3 heterocycles. The zero-order valence-electron chi connectivity index (χ0n) is 18.3. The van der Waals surface area contributed by atoms with Gasteiger partial charge in [-0.05, 0) is 42.8 Å². The third-order valence-electron chi connectivity index (χ3n) is 5.49. The Hall–Kier alpha value is -3.76. The lowest BCUT2D eigenvalue weighted by molar-refractivity contribution is -0.143. The van der Waals surface area contributed by atoms with Crippen LogP contribution in [0.1, 0.15) is 33.0 Å². The maximum absolute atomic E-state index is 14.6. The molecule has 0 fully saturated rings. The van der Waals surface area contributed by atoms with Gasteiger partial charge in [0, 0.05) is 33.7 Å². The second-order valence-corrected chi connectivity index (χ2v) is 8.75. The van der Waals surface area contributed by atoms with Crippen molar-refractivity contribution in [3.8, 4) is 11.6 Å². The van der Waals surface area contributed by atoms with E-state index in [-0.39, 0.29) is 34.1 Å². The van der Waals surface area contributed by atoms with Crippen molar-refractivity contribution >= 4 is 39.9 Å². The van der Waals surface area contributed by atoms with Crippen molar-refractivity contribution in [1.82, 2.24) is 24.7 Å². The lowest BCUT2D eigenvalue weighted by Crippen LogP contribution is -2.19. The molecule has 7 nitrogen and oxygen atoms in total. The van der Waals surface area contributed by atoms with Crippen LogP contribution in [0.4, 0.5) is 13.2 Å². The number of alkyl halides is 3. The molecule has 0 radical (unpaired) electrons. The fourth-order valence-electron chi connectivity index (χ4n) is 3.93. The van der Waals surface area contributed by atoms with Crippen molar-refractivity contribution in [2.45, 2.75) is 19.6 Å². The molecule has 2 aromatic carbocycles. The van der Waals surface area contributed by atoms with Crippen LogP contribution in [0.2, 0.25) is 10.0 Å². The Morgan fingerprint density at radius 1 is 1.11 bits per heavy atom. The molecule has 0 unspecified atom stereocenters. The highest BCUT2D eigenvalue weighted by molar-refractivity contribution is 6.35. The van der Waals surface area contributed by atoms with Gasteiger partial charge in [0.25, 0.3) is 5.89 Å². The van der Waals surface area contributed by atoms with Crippen LogP contribution in [-0.2, 0) is 12.7 Å². The zero-order valence-corrected chi connectivity index (χ0v) is 19.9. The number of fused-ring (bicyclic) bond motifs is 1. The van der Waals surface area contributed by atoms with E-state index >= 15 is 0 Å². The summed E-state index contributed by atoms with van der Waals surface area (Å²) in [6.07, 6.45) is -2.23. The van der Waals surface area contributed by atoms with E-state index in [4.69, 9.17) is 27.7 Å². The average molecular weight is 532 g/mol. The van der Waals surface area contributed by atoms with Crippen LogP contribution in [0.5, 0.6) is 0 Å². The molecule has 182 valence electrons. The first-order valence-corrected chi connectivity index (χ1v) is 11.2. The minimum atomic E-state index is -4.89. The van der Waals surface area contributed by atoms with Gasteiger partial charge in [0.2, 0.25) is 11.6 Å². The number of aromatic nitrogens is 5. The second kappa shape index (κ2) is 9.03. The molecule has 0 bridgehead atoms. The first kappa shape index (κ1) is 24.0. The van der Waals surface area contributed by atoms with Gasteiger partial charge in [0.05, 0.1) is 5.56 Å². The molecule has 5 aromatic rings. The van der Waals surface area contributed by atoms with E-state index < -0.39 is 29.0 Å². The predicted octanol–water partition coefficient (Wildman–Crippen LogP) is 6.39. The molecule has 0 saturated carbocycles. The van der Waals surface area contributed by atoms with Crippen molar-refractivity contribution in [3.63, 3.8) is 0 Å². The summed E-state index contributed by atoms with van der Waals surface area (Å²) in [6, 6.07) is 10.7. The number of benzene rings is 2. The van der Waals surface area contributed by atoms with E-state index in [0.717, 1.165) is 4.57 Å². The molecule has 0 amide bonds. The molecule has 3 aromatic heterocycles. The van der Waals surface area contributed by atoms with Gasteiger partial charge in [-0.25, -0.2) is 9.97 Å². The van der Waals surface area contributed by atoms with Gasteiger partial charge in [-0.1, -0.05) is 46.1 Å². The van der Waals surface area contributed by atoms with E-state index in [2.05, 4.69) is 20.1 Å². The normalized spacial score (nSPS) is 11.8. The number of ketones is 1. The van der Waals surface area contributed by atoms with Gasteiger partial charge in [0.15, 0.2) is 0 Å². The van der Waals surface area contributed by atoms with E-state index in [1.54, 1.807) is 19.1 Å². The van der Waals surface area contributed by atoms with Gasteiger partial charge < -0.3 is 9.09 Å². The molecule has 0 spiro atoms. The fraction of sp³-hybridized carbons (Fsp3) is 0.125. The Balaban J connectivity index is 1.71. The van der Waals surface area contributed by atoms with Crippen LogP contribution in [0.15, 0.2) is 59.5 Å². The first-order valence-electron chi connectivity index (χ1n) is 10.4. The first-order chi connectivity index (χ1) is 17.1. The average Bonchev–Trinajstić information content (AvgIpc) is 3.44. The Bertz CT molecular complexity index is 1610. The Morgan fingerprint density at radius 3 is 2.61 bits per heavy atom. The third kappa shape index (κ3) is 4.33. The number of carbonyl (C=O) groups is 1.